The van der Waals surface area contributed by atoms with Crippen molar-refractivity contribution in [3.63, 3.8) is 0 Å². The fourth-order valence-corrected chi connectivity index (χ4v) is 2.29. The predicted molar refractivity (Wildman–Crippen MR) is 81.4 cm³/mol. The second-order valence-electron chi connectivity index (χ2n) is 3.82. The Kier molecular flexibility index (Phi) is 8.42. The molecule has 0 radical (unpaired) electrons. The highest BCUT2D eigenvalue weighted by atomic mass is 35.5. The average Bonchev–Trinajstić information content (AvgIpc) is 2.38. The first-order chi connectivity index (χ1) is 8.89. The lowest BCUT2D eigenvalue weighted by molar-refractivity contribution is 0.0118. The summed E-state index contributed by atoms with van der Waals surface area (Å²) in [6.07, 6.45) is 0. The average molecular weight is 345 g/mol. The summed E-state index contributed by atoms with van der Waals surface area (Å²) in [4.78, 5) is 12.6. The zero-order chi connectivity index (χ0) is 14.5. The molecule has 3 nitrogen and oxygen atoms in total. The number of amides is 1. The van der Waals surface area contributed by atoms with Crippen molar-refractivity contribution >= 4 is 41.7 Å². The Labute approximate surface area is 132 Å². The van der Waals surface area contributed by atoms with Crippen molar-refractivity contribution in [1.29, 1.82) is 0 Å². The molecule has 0 aliphatic rings. The fourth-order valence-electron chi connectivity index (χ4n) is 1.34. The Morgan fingerprint density at radius 2 is 2.15 bits per heavy atom. The molecule has 0 fully saturated rings. The maximum Gasteiger partial charge on any atom is 0.277 e. The van der Waals surface area contributed by atoms with Crippen molar-refractivity contribution in [2.75, 3.05) is 18.8 Å². The van der Waals surface area contributed by atoms with Gasteiger partial charge in [-0.15, -0.1) is 24.2 Å². The van der Waals surface area contributed by atoms with E-state index in [0.29, 0.717) is 15.5 Å². The maximum absolute atomic E-state index is 13.0. The lowest BCUT2D eigenvalue weighted by Crippen LogP contribution is -2.41. The molecule has 1 amide bonds. The van der Waals surface area contributed by atoms with E-state index in [9.17, 15) is 13.6 Å². The third-order valence-corrected chi connectivity index (χ3v) is 3.48. The van der Waals surface area contributed by atoms with E-state index in [2.05, 4.69) is 5.32 Å². The van der Waals surface area contributed by atoms with Crippen LogP contribution in [-0.2, 0) is 0 Å². The number of nitrogens with one attached hydrogen (secondary N) is 1. The number of carbonyl (C=O) groups is 1. The van der Waals surface area contributed by atoms with Gasteiger partial charge in [0.25, 0.3) is 11.8 Å². The largest absolute Gasteiger partial charge is 0.346 e. The van der Waals surface area contributed by atoms with Crippen molar-refractivity contribution in [2.45, 2.75) is 17.7 Å². The number of carbonyl (C=O) groups excluding carboxylic acids is 1. The van der Waals surface area contributed by atoms with Crippen LogP contribution in [0.25, 0.3) is 0 Å². The molecular formula is C12H16Cl2F2N2OS. The van der Waals surface area contributed by atoms with E-state index in [1.807, 2.05) is 6.92 Å². The van der Waals surface area contributed by atoms with Crippen LogP contribution in [0.1, 0.15) is 17.3 Å². The Balaban J connectivity index is 0.00000361. The van der Waals surface area contributed by atoms with Crippen LogP contribution in [0.15, 0.2) is 23.1 Å². The molecule has 0 aliphatic carbocycles. The van der Waals surface area contributed by atoms with Gasteiger partial charge >= 0.3 is 0 Å². The fraction of sp³-hybridized carbons (Fsp3) is 0.417. The molecular weight excluding hydrogens is 329 g/mol. The summed E-state index contributed by atoms with van der Waals surface area (Å²) in [6.45, 7) is 0.341. The van der Waals surface area contributed by atoms with Crippen molar-refractivity contribution < 1.29 is 13.6 Å². The molecule has 0 unspecified atom stereocenters. The quantitative estimate of drug-likeness (QED) is 0.779. The number of halogens is 4. The highest BCUT2D eigenvalue weighted by Gasteiger charge is 2.27. The number of benzene rings is 1. The van der Waals surface area contributed by atoms with Gasteiger partial charge in [-0.1, -0.05) is 18.5 Å². The van der Waals surface area contributed by atoms with Crippen molar-refractivity contribution in [2.24, 2.45) is 5.73 Å². The van der Waals surface area contributed by atoms with Gasteiger partial charge < -0.3 is 11.1 Å². The Hall–Kier alpha value is -0.560. The number of thioether (sulfide) groups is 1. The van der Waals surface area contributed by atoms with E-state index in [4.69, 9.17) is 17.3 Å². The minimum absolute atomic E-state index is 0. The van der Waals surface area contributed by atoms with Gasteiger partial charge in [0, 0.05) is 9.92 Å². The van der Waals surface area contributed by atoms with Gasteiger partial charge in [0.05, 0.1) is 18.7 Å². The normalized spacial score (nSPS) is 10.8. The molecule has 0 aromatic heterocycles. The van der Waals surface area contributed by atoms with E-state index in [-0.39, 0.29) is 12.4 Å². The molecule has 0 aliphatic heterocycles. The maximum atomic E-state index is 13.0. The van der Waals surface area contributed by atoms with E-state index in [1.165, 1.54) is 17.8 Å². The first-order valence-corrected chi connectivity index (χ1v) is 7.04. The molecule has 1 rings (SSSR count). The lowest BCUT2D eigenvalue weighted by atomic mass is 10.2. The first kappa shape index (κ1) is 19.4. The molecule has 0 heterocycles. The van der Waals surface area contributed by atoms with Gasteiger partial charge in [0.1, 0.15) is 0 Å². The van der Waals surface area contributed by atoms with E-state index in [1.54, 1.807) is 12.1 Å². The van der Waals surface area contributed by atoms with Gasteiger partial charge in [0.15, 0.2) is 0 Å². The van der Waals surface area contributed by atoms with Crippen LogP contribution >= 0.6 is 35.8 Å². The molecule has 3 N–H and O–H groups in total. The van der Waals surface area contributed by atoms with E-state index < -0.39 is 24.9 Å². The van der Waals surface area contributed by atoms with Crippen LogP contribution in [0.5, 0.6) is 0 Å². The Morgan fingerprint density at radius 1 is 1.50 bits per heavy atom. The monoisotopic (exact) mass is 344 g/mol. The standard InChI is InChI=1S/C12H15ClF2N2OS.ClH/c1-2-19-10-4-3-8(13)5-9(10)11(18)17-7-12(14,15)6-16;/h3-5H,2,6-7,16H2,1H3,(H,17,18);1H. The molecule has 0 bridgehead atoms. The topological polar surface area (TPSA) is 55.1 Å². The molecule has 1 aromatic carbocycles. The zero-order valence-corrected chi connectivity index (χ0v) is 13.2. The SMILES string of the molecule is CCSc1ccc(Cl)cc1C(=O)NCC(F)(F)CN.Cl. The summed E-state index contributed by atoms with van der Waals surface area (Å²) in [5, 5.41) is 2.56. The number of nitrogens with two attached hydrogens (primary N) is 1. The number of hydrogen-bond donors (Lipinski definition) is 2. The summed E-state index contributed by atoms with van der Waals surface area (Å²) in [6, 6.07) is 4.83. The summed E-state index contributed by atoms with van der Waals surface area (Å²) < 4.78 is 26.0. The van der Waals surface area contributed by atoms with Crippen LogP contribution in [0.4, 0.5) is 8.78 Å². The zero-order valence-electron chi connectivity index (χ0n) is 10.8. The molecule has 0 spiro atoms. The summed E-state index contributed by atoms with van der Waals surface area (Å²) in [5.74, 6) is -2.92. The van der Waals surface area contributed by atoms with Crippen LogP contribution in [0.3, 0.4) is 0 Å². The number of hydrogen-bond acceptors (Lipinski definition) is 3. The minimum Gasteiger partial charge on any atom is -0.346 e. The molecule has 1 aromatic rings. The number of rotatable bonds is 6. The Bertz CT molecular complexity index is 461. The highest BCUT2D eigenvalue weighted by Crippen LogP contribution is 2.25. The predicted octanol–water partition coefficient (Wildman–Crippen LogP) is 3.20. The van der Waals surface area contributed by atoms with Gasteiger partial charge in [-0.05, 0) is 24.0 Å². The second kappa shape index (κ2) is 8.67. The van der Waals surface area contributed by atoms with Gasteiger partial charge in [-0.25, -0.2) is 8.78 Å². The van der Waals surface area contributed by atoms with Crippen LogP contribution < -0.4 is 11.1 Å². The van der Waals surface area contributed by atoms with Crippen LogP contribution in [0.2, 0.25) is 5.02 Å². The Morgan fingerprint density at radius 3 is 2.70 bits per heavy atom. The highest BCUT2D eigenvalue weighted by molar-refractivity contribution is 7.99. The third-order valence-electron chi connectivity index (χ3n) is 2.29. The molecule has 0 atom stereocenters. The van der Waals surface area contributed by atoms with Gasteiger partial charge in [-0.3, -0.25) is 4.79 Å². The van der Waals surface area contributed by atoms with E-state index >= 15 is 0 Å². The number of alkyl halides is 2. The smallest absolute Gasteiger partial charge is 0.277 e. The van der Waals surface area contributed by atoms with Gasteiger partial charge in [-0.2, -0.15) is 0 Å². The van der Waals surface area contributed by atoms with Crippen LogP contribution in [0, 0.1) is 0 Å². The minimum atomic E-state index is -3.10. The summed E-state index contributed by atoms with van der Waals surface area (Å²) >= 11 is 7.27. The van der Waals surface area contributed by atoms with Gasteiger partial charge in [0.2, 0.25) is 0 Å². The van der Waals surface area contributed by atoms with Crippen LogP contribution in [-0.4, -0.2) is 30.7 Å². The molecule has 0 saturated heterocycles. The third kappa shape index (κ3) is 5.83. The molecule has 20 heavy (non-hydrogen) atoms. The lowest BCUT2D eigenvalue weighted by Gasteiger charge is -2.15. The van der Waals surface area contributed by atoms with Crippen molar-refractivity contribution in [3.8, 4) is 0 Å². The molecule has 114 valence electrons. The molecule has 8 heteroatoms. The molecule has 0 saturated carbocycles. The summed E-state index contributed by atoms with van der Waals surface area (Å²) in [5.41, 5.74) is 5.20. The van der Waals surface area contributed by atoms with E-state index in [0.717, 1.165) is 5.75 Å². The van der Waals surface area contributed by atoms with Crippen molar-refractivity contribution in [1.82, 2.24) is 5.32 Å². The first-order valence-electron chi connectivity index (χ1n) is 5.68. The second-order valence-corrected chi connectivity index (χ2v) is 5.56. The van der Waals surface area contributed by atoms with Crippen molar-refractivity contribution in [3.05, 3.63) is 28.8 Å². The summed E-state index contributed by atoms with van der Waals surface area (Å²) in [7, 11) is 0.